The fraction of sp³-hybridized carbons (Fsp3) is 0.129. The van der Waals surface area contributed by atoms with Crippen molar-refractivity contribution < 1.29 is 23.1 Å². The minimum atomic E-state index is -4.23. The van der Waals surface area contributed by atoms with Gasteiger partial charge in [0.15, 0.2) is 9.84 Å². The number of nitrogens with one attached hydrogen (secondary N) is 2. The molecule has 8 heteroatoms. The van der Waals surface area contributed by atoms with Crippen LogP contribution in [-0.4, -0.2) is 43.4 Å². The Bertz CT molecular complexity index is 1590. The zero-order chi connectivity index (χ0) is 27.5. The molecule has 0 amide bonds. The lowest BCUT2D eigenvalue weighted by atomic mass is 9.84. The Kier molecular flexibility index (Phi) is 7.13. The summed E-state index contributed by atoms with van der Waals surface area (Å²) in [5, 5.41) is 13.9. The highest BCUT2D eigenvalue weighted by Crippen LogP contribution is 2.44. The van der Waals surface area contributed by atoms with Crippen molar-refractivity contribution in [3.05, 3.63) is 132 Å². The standard InChI is InChI=1S/C31H28N2O5S/c1-38-26-18-17-22-19-29(32-27(22)20-26)33-28(30(34)35)21-39(36,37)31(23-11-5-2-6-12-23,24-13-7-3-8-14-24)25-15-9-4-10-16-25/h2-20,28,32-33H,21H2,1H3,(H,34,35)/t28-/m0/s1. The lowest BCUT2D eigenvalue weighted by Gasteiger charge is -2.36. The van der Waals surface area contributed by atoms with Crippen molar-refractivity contribution in [2.24, 2.45) is 0 Å². The van der Waals surface area contributed by atoms with Crippen LogP contribution >= 0.6 is 0 Å². The zero-order valence-corrected chi connectivity index (χ0v) is 22.1. The Balaban J connectivity index is 1.63. The third kappa shape index (κ3) is 4.86. The molecule has 0 radical (unpaired) electrons. The summed E-state index contributed by atoms with van der Waals surface area (Å²) in [5.41, 5.74) is 2.33. The van der Waals surface area contributed by atoms with E-state index >= 15 is 0 Å². The summed E-state index contributed by atoms with van der Waals surface area (Å²) < 4.78 is 33.0. The number of aromatic nitrogens is 1. The van der Waals surface area contributed by atoms with Crippen LogP contribution in [0.4, 0.5) is 5.82 Å². The smallest absolute Gasteiger partial charge is 0.327 e. The van der Waals surface area contributed by atoms with Gasteiger partial charge in [0, 0.05) is 11.5 Å². The van der Waals surface area contributed by atoms with E-state index in [1.54, 1.807) is 98.1 Å². The molecule has 0 bridgehead atoms. The highest BCUT2D eigenvalue weighted by atomic mass is 32.2. The van der Waals surface area contributed by atoms with Crippen molar-refractivity contribution in [2.45, 2.75) is 10.8 Å². The molecule has 5 aromatic rings. The maximum absolute atomic E-state index is 14.7. The second-order valence-electron chi connectivity index (χ2n) is 9.23. The van der Waals surface area contributed by atoms with Crippen LogP contribution < -0.4 is 10.1 Å². The molecule has 4 aromatic carbocycles. The van der Waals surface area contributed by atoms with Crippen LogP contribution in [0.3, 0.4) is 0 Å². The second-order valence-corrected chi connectivity index (χ2v) is 11.4. The number of H-pyrrole nitrogens is 1. The van der Waals surface area contributed by atoms with Crippen molar-refractivity contribution in [1.29, 1.82) is 0 Å². The van der Waals surface area contributed by atoms with Crippen LogP contribution in [0.1, 0.15) is 16.7 Å². The van der Waals surface area contributed by atoms with Crippen LogP contribution in [0.15, 0.2) is 115 Å². The number of sulfone groups is 1. The maximum Gasteiger partial charge on any atom is 0.327 e. The molecule has 1 aromatic heterocycles. The third-order valence-corrected chi connectivity index (χ3v) is 9.26. The van der Waals surface area contributed by atoms with Gasteiger partial charge in [-0.25, -0.2) is 13.2 Å². The predicted octanol–water partition coefficient (Wildman–Crippen LogP) is 5.45. The molecule has 39 heavy (non-hydrogen) atoms. The van der Waals surface area contributed by atoms with Crippen molar-refractivity contribution in [3.63, 3.8) is 0 Å². The van der Waals surface area contributed by atoms with Gasteiger partial charge in [-0.3, -0.25) is 0 Å². The van der Waals surface area contributed by atoms with Crippen LogP contribution in [0.25, 0.3) is 10.9 Å². The minimum absolute atomic E-state index is 0.394. The van der Waals surface area contributed by atoms with Gasteiger partial charge < -0.3 is 20.1 Å². The van der Waals surface area contributed by atoms with Gasteiger partial charge in [-0.2, -0.15) is 0 Å². The summed E-state index contributed by atoms with van der Waals surface area (Å²) in [7, 11) is -2.66. The van der Waals surface area contributed by atoms with E-state index in [0.717, 1.165) is 10.9 Å². The molecule has 0 aliphatic heterocycles. The van der Waals surface area contributed by atoms with Gasteiger partial charge in [0.1, 0.15) is 22.4 Å². The van der Waals surface area contributed by atoms with Crippen molar-refractivity contribution in [3.8, 4) is 5.75 Å². The summed E-state index contributed by atoms with van der Waals surface area (Å²) >= 11 is 0. The molecule has 0 aliphatic carbocycles. The average molecular weight is 541 g/mol. The van der Waals surface area contributed by atoms with E-state index in [2.05, 4.69) is 10.3 Å². The topological polar surface area (TPSA) is 108 Å². The quantitative estimate of drug-likeness (QED) is 0.203. The highest BCUT2D eigenvalue weighted by Gasteiger charge is 2.49. The first kappa shape index (κ1) is 26.1. The van der Waals surface area contributed by atoms with E-state index in [0.29, 0.717) is 28.3 Å². The molecule has 0 aliphatic rings. The van der Waals surface area contributed by atoms with Gasteiger partial charge >= 0.3 is 5.97 Å². The maximum atomic E-state index is 14.7. The Morgan fingerprint density at radius 2 is 1.36 bits per heavy atom. The normalized spacial score (nSPS) is 12.6. The summed E-state index contributed by atoms with van der Waals surface area (Å²) in [4.78, 5) is 15.6. The molecule has 7 nitrogen and oxygen atoms in total. The van der Waals surface area contributed by atoms with E-state index in [-0.39, 0.29) is 0 Å². The van der Waals surface area contributed by atoms with Crippen molar-refractivity contribution in [2.75, 3.05) is 18.2 Å². The fourth-order valence-electron chi connectivity index (χ4n) is 5.07. The monoisotopic (exact) mass is 540 g/mol. The van der Waals surface area contributed by atoms with E-state index in [9.17, 15) is 18.3 Å². The number of rotatable bonds is 10. The number of aromatic amines is 1. The Morgan fingerprint density at radius 1 is 0.846 bits per heavy atom. The van der Waals surface area contributed by atoms with E-state index in [4.69, 9.17) is 4.74 Å². The number of aliphatic carboxylic acids is 1. The first-order chi connectivity index (χ1) is 18.8. The Labute approximate surface area is 227 Å². The second kappa shape index (κ2) is 10.7. The number of anilines is 1. The number of carbonyl (C=O) groups is 1. The summed E-state index contributed by atoms with van der Waals surface area (Å²) in [5.74, 6) is -0.908. The molecule has 0 unspecified atom stereocenters. The van der Waals surface area contributed by atoms with Crippen LogP contribution in [0.2, 0.25) is 0 Å². The Hall–Kier alpha value is -4.56. The molecule has 0 saturated heterocycles. The highest BCUT2D eigenvalue weighted by molar-refractivity contribution is 7.92. The predicted molar refractivity (Wildman–Crippen MR) is 153 cm³/mol. The molecule has 1 heterocycles. The lowest BCUT2D eigenvalue weighted by molar-refractivity contribution is -0.137. The molecule has 0 spiro atoms. The van der Waals surface area contributed by atoms with Crippen molar-refractivity contribution >= 4 is 32.5 Å². The van der Waals surface area contributed by atoms with Gasteiger partial charge in [-0.1, -0.05) is 91.0 Å². The van der Waals surface area contributed by atoms with Gasteiger partial charge in [-0.15, -0.1) is 0 Å². The largest absolute Gasteiger partial charge is 0.497 e. The van der Waals surface area contributed by atoms with Crippen LogP contribution in [0, 0.1) is 0 Å². The number of ether oxygens (including phenoxy) is 1. The average Bonchev–Trinajstić information content (AvgIpc) is 3.36. The third-order valence-electron chi connectivity index (χ3n) is 6.85. The Morgan fingerprint density at radius 3 is 1.82 bits per heavy atom. The van der Waals surface area contributed by atoms with Crippen LogP contribution in [0.5, 0.6) is 5.75 Å². The molecule has 3 N–H and O–H groups in total. The number of carboxylic acid groups (broad SMARTS) is 1. The number of benzene rings is 4. The van der Waals surface area contributed by atoms with Gasteiger partial charge in [-0.05, 0) is 34.9 Å². The molecule has 0 saturated carbocycles. The van der Waals surface area contributed by atoms with E-state index < -0.39 is 32.3 Å². The van der Waals surface area contributed by atoms with Crippen molar-refractivity contribution in [1.82, 2.24) is 4.98 Å². The lowest BCUT2D eigenvalue weighted by Crippen LogP contribution is -2.46. The van der Waals surface area contributed by atoms with Crippen LogP contribution in [-0.2, 0) is 19.4 Å². The molecule has 198 valence electrons. The summed E-state index contributed by atoms with van der Waals surface area (Å²) in [6.45, 7) is 0. The minimum Gasteiger partial charge on any atom is -0.497 e. The number of hydrogen-bond donors (Lipinski definition) is 3. The SMILES string of the molecule is COc1ccc2cc(N[C@@H](CS(=O)(=O)C(c3ccccc3)(c3ccccc3)c3ccccc3)C(=O)O)[nH]c2c1. The van der Waals surface area contributed by atoms with E-state index in [1.807, 2.05) is 24.3 Å². The molecular formula is C31H28N2O5S. The summed E-state index contributed by atoms with van der Waals surface area (Å²) in [6.07, 6.45) is 0. The summed E-state index contributed by atoms with van der Waals surface area (Å²) in [6, 6.07) is 32.6. The fourth-order valence-corrected chi connectivity index (χ4v) is 7.48. The number of methoxy groups -OCH3 is 1. The number of fused-ring (bicyclic) bond motifs is 1. The van der Waals surface area contributed by atoms with Gasteiger partial charge in [0.05, 0.1) is 18.4 Å². The van der Waals surface area contributed by atoms with E-state index in [1.165, 1.54) is 0 Å². The van der Waals surface area contributed by atoms with Gasteiger partial charge in [0.25, 0.3) is 0 Å². The molecular weight excluding hydrogens is 512 g/mol. The molecule has 1 atom stereocenters. The van der Waals surface area contributed by atoms with Gasteiger partial charge in [0.2, 0.25) is 0 Å². The molecule has 0 fully saturated rings. The zero-order valence-electron chi connectivity index (χ0n) is 21.2. The number of carboxylic acids is 1. The number of hydrogen-bond acceptors (Lipinski definition) is 5. The first-order valence-corrected chi connectivity index (χ1v) is 14.1. The first-order valence-electron chi connectivity index (χ1n) is 12.4. The molecule has 5 rings (SSSR count).